The first-order valence-electron chi connectivity index (χ1n) is 7.93. The van der Waals surface area contributed by atoms with Gasteiger partial charge in [0, 0.05) is 18.0 Å². The van der Waals surface area contributed by atoms with E-state index in [0.717, 1.165) is 16.3 Å². The van der Waals surface area contributed by atoms with Crippen LogP contribution in [0.25, 0.3) is 0 Å². The fourth-order valence-electron chi connectivity index (χ4n) is 2.52. The van der Waals surface area contributed by atoms with Crippen molar-refractivity contribution in [2.45, 2.75) is 6.61 Å². The van der Waals surface area contributed by atoms with Gasteiger partial charge in [0.1, 0.15) is 12.4 Å². The number of carbonyl (C=O) groups excluding carboxylic acids is 1. The predicted molar refractivity (Wildman–Crippen MR) is 94.4 cm³/mol. The van der Waals surface area contributed by atoms with Crippen LogP contribution in [0.1, 0.15) is 15.9 Å². The van der Waals surface area contributed by atoms with E-state index in [-0.39, 0.29) is 0 Å². The van der Waals surface area contributed by atoms with Crippen LogP contribution in [0, 0.1) is 5.82 Å². The Balaban J connectivity index is 1.91. The zero-order chi connectivity index (χ0) is 18.5. The third-order valence-corrected chi connectivity index (χ3v) is 3.82. The third kappa shape index (κ3) is 3.69. The van der Waals surface area contributed by atoms with Crippen molar-refractivity contribution < 1.29 is 23.4 Å². The molecule has 134 valence electrons. The molecule has 0 amide bonds. The maximum Gasteiger partial charge on any atom is 0.262 e. The van der Waals surface area contributed by atoms with Crippen LogP contribution in [0.5, 0.6) is 17.2 Å². The van der Waals surface area contributed by atoms with E-state index in [2.05, 4.69) is 0 Å². The molecule has 5 nitrogen and oxygen atoms in total. The Morgan fingerprint density at radius 1 is 1.04 bits per heavy atom. The molecule has 0 aliphatic heterocycles. The number of rotatable bonds is 6. The van der Waals surface area contributed by atoms with Gasteiger partial charge < -0.3 is 14.2 Å². The van der Waals surface area contributed by atoms with Gasteiger partial charge in [-0.15, -0.1) is 0 Å². The molecule has 0 saturated heterocycles. The van der Waals surface area contributed by atoms with Gasteiger partial charge in [-0.25, -0.2) is 4.39 Å². The Morgan fingerprint density at radius 2 is 1.69 bits per heavy atom. The molecule has 0 radical (unpaired) electrons. The Morgan fingerprint density at radius 3 is 2.23 bits per heavy atom. The second-order valence-corrected chi connectivity index (χ2v) is 5.53. The smallest absolute Gasteiger partial charge is 0.262 e. The van der Waals surface area contributed by atoms with Crippen LogP contribution in [0.4, 0.5) is 4.39 Å². The first-order chi connectivity index (χ1) is 12.6. The van der Waals surface area contributed by atoms with Crippen LogP contribution in [0.3, 0.4) is 0 Å². The zero-order valence-electron chi connectivity index (χ0n) is 14.4. The second-order valence-electron chi connectivity index (χ2n) is 5.53. The van der Waals surface area contributed by atoms with Gasteiger partial charge >= 0.3 is 0 Å². The van der Waals surface area contributed by atoms with Crippen molar-refractivity contribution in [1.29, 1.82) is 0 Å². The Hall–Kier alpha value is -3.28. The molecule has 2 aromatic carbocycles. The van der Waals surface area contributed by atoms with Crippen molar-refractivity contribution in [3.63, 3.8) is 0 Å². The number of nitrogens with zero attached hydrogens (tertiary/aromatic N) is 1. The van der Waals surface area contributed by atoms with Crippen molar-refractivity contribution in [1.82, 2.24) is 4.57 Å². The minimum Gasteiger partial charge on any atom is -0.493 e. The second kappa shape index (κ2) is 7.74. The highest BCUT2D eigenvalue weighted by molar-refractivity contribution is 5.97. The molecule has 3 aromatic rings. The van der Waals surface area contributed by atoms with E-state index in [4.69, 9.17) is 14.2 Å². The Kier molecular flexibility index (Phi) is 5.22. The third-order valence-electron chi connectivity index (χ3n) is 3.82. The van der Waals surface area contributed by atoms with Crippen LogP contribution >= 0.6 is 0 Å². The molecular weight excluding hydrogens is 337 g/mol. The average molecular weight is 355 g/mol. The fraction of sp³-hybridized carbons (Fsp3) is 0.150. The number of hydrogen-bond acceptors (Lipinski definition) is 4. The molecule has 0 saturated carbocycles. The largest absolute Gasteiger partial charge is 0.493 e. The monoisotopic (exact) mass is 355 g/mol. The van der Waals surface area contributed by atoms with Gasteiger partial charge in [0.25, 0.3) is 5.91 Å². The lowest BCUT2D eigenvalue weighted by Gasteiger charge is -2.16. The maximum absolute atomic E-state index is 13.2. The molecule has 26 heavy (non-hydrogen) atoms. The summed E-state index contributed by atoms with van der Waals surface area (Å²) >= 11 is 0. The lowest BCUT2D eigenvalue weighted by molar-refractivity contribution is 0.0958. The normalized spacial score (nSPS) is 10.4. The highest BCUT2D eigenvalue weighted by Crippen LogP contribution is 2.39. The van der Waals surface area contributed by atoms with Crippen LogP contribution in [0.2, 0.25) is 0 Å². The molecule has 0 N–H and O–H groups in total. The number of carbonyl (C=O) groups is 1. The number of aromatic nitrogens is 1. The van der Waals surface area contributed by atoms with Crippen LogP contribution in [-0.4, -0.2) is 24.7 Å². The summed E-state index contributed by atoms with van der Waals surface area (Å²) in [6.07, 6.45) is 2.47. The molecule has 1 heterocycles. The van der Waals surface area contributed by atoms with Crippen LogP contribution in [-0.2, 0) is 6.61 Å². The van der Waals surface area contributed by atoms with Gasteiger partial charge in [0.2, 0.25) is 5.75 Å². The summed E-state index contributed by atoms with van der Waals surface area (Å²) in [6, 6.07) is 14.0. The summed E-state index contributed by atoms with van der Waals surface area (Å²) in [5, 5.41) is 0. The highest BCUT2D eigenvalue weighted by Gasteiger charge is 2.19. The molecular formula is C20H18FNO4. The van der Waals surface area contributed by atoms with Crippen LogP contribution in [0.15, 0.2) is 60.9 Å². The summed E-state index contributed by atoms with van der Waals surface area (Å²) in [4.78, 5) is 12.5. The van der Waals surface area contributed by atoms with Crippen molar-refractivity contribution >= 4 is 5.91 Å². The number of methoxy groups -OCH3 is 2. The predicted octanol–water partition coefficient (Wildman–Crippen LogP) is 3.91. The number of hydrogen-bond donors (Lipinski definition) is 0. The quantitative estimate of drug-likeness (QED) is 0.673. The van der Waals surface area contributed by atoms with Crippen molar-refractivity contribution in [3.8, 4) is 17.2 Å². The SMILES string of the molecule is COc1cc(C(=O)n2ccc(F)c2)cc(OC)c1OCc1ccccc1. The van der Waals surface area contributed by atoms with Crippen LogP contribution < -0.4 is 14.2 Å². The van der Waals surface area contributed by atoms with E-state index in [1.165, 1.54) is 26.5 Å². The van der Waals surface area contributed by atoms with Gasteiger partial charge in [0.05, 0.1) is 14.2 Å². The number of benzene rings is 2. The minimum atomic E-state index is -0.486. The lowest BCUT2D eigenvalue weighted by atomic mass is 10.1. The van der Waals surface area contributed by atoms with Gasteiger partial charge in [-0.1, -0.05) is 30.3 Å². The van der Waals surface area contributed by atoms with Crippen molar-refractivity contribution in [2.75, 3.05) is 14.2 Å². The Labute approximate surface area is 150 Å². The van der Waals surface area contributed by atoms with E-state index in [9.17, 15) is 9.18 Å². The summed E-state index contributed by atoms with van der Waals surface area (Å²) in [7, 11) is 2.96. The van der Waals surface area contributed by atoms with Gasteiger partial charge in [-0.05, 0) is 23.8 Å². The molecule has 0 atom stereocenters. The molecule has 3 rings (SSSR count). The molecule has 0 spiro atoms. The average Bonchev–Trinajstić information content (AvgIpc) is 3.12. The molecule has 0 bridgehead atoms. The molecule has 0 aliphatic rings. The van der Waals surface area contributed by atoms with Crippen molar-refractivity contribution in [3.05, 3.63) is 77.9 Å². The van der Waals surface area contributed by atoms with Gasteiger partial charge in [-0.3, -0.25) is 9.36 Å². The van der Waals surface area contributed by atoms with E-state index in [0.29, 0.717) is 29.4 Å². The molecule has 0 aliphatic carbocycles. The Bertz CT molecular complexity index is 880. The summed E-state index contributed by atoms with van der Waals surface area (Å²) in [6.45, 7) is 0.323. The highest BCUT2D eigenvalue weighted by atomic mass is 19.1. The standard InChI is InChI=1S/C20H18FNO4/c1-24-17-10-15(20(23)22-9-8-16(21)12-22)11-18(25-2)19(17)26-13-14-6-4-3-5-7-14/h3-12H,13H2,1-2H3. The zero-order valence-corrected chi connectivity index (χ0v) is 14.4. The summed E-state index contributed by atoms with van der Waals surface area (Å²) in [5.41, 5.74) is 1.28. The molecule has 6 heteroatoms. The lowest BCUT2D eigenvalue weighted by Crippen LogP contribution is -2.11. The van der Waals surface area contributed by atoms with Gasteiger partial charge in [-0.2, -0.15) is 0 Å². The first kappa shape index (κ1) is 17.5. The first-order valence-corrected chi connectivity index (χ1v) is 7.93. The fourth-order valence-corrected chi connectivity index (χ4v) is 2.52. The van der Waals surface area contributed by atoms with Gasteiger partial charge in [0.15, 0.2) is 11.5 Å². The minimum absolute atomic E-state index is 0.293. The van der Waals surface area contributed by atoms with E-state index < -0.39 is 11.7 Å². The van der Waals surface area contributed by atoms with E-state index in [1.807, 2.05) is 30.3 Å². The van der Waals surface area contributed by atoms with Crippen molar-refractivity contribution in [2.24, 2.45) is 0 Å². The number of ether oxygens (including phenoxy) is 3. The summed E-state index contributed by atoms with van der Waals surface area (Å²) < 4.78 is 30.9. The molecule has 1 aromatic heterocycles. The van der Waals surface area contributed by atoms with E-state index in [1.54, 1.807) is 12.1 Å². The number of halogens is 1. The maximum atomic E-state index is 13.2. The summed E-state index contributed by atoms with van der Waals surface area (Å²) in [5.74, 6) is 0.224. The molecule has 0 unspecified atom stereocenters. The topological polar surface area (TPSA) is 49.7 Å². The van der Waals surface area contributed by atoms with E-state index >= 15 is 0 Å². The molecule has 0 fully saturated rings.